The van der Waals surface area contributed by atoms with Crippen molar-refractivity contribution >= 4 is 11.9 Å². The Morgan fingerprint density at radius 2 is 1.95 bits per heavy atom. The van der Waals surface area contributed by atoms with E-state index in [4.69, 9.17) is 9.90 Å². The molecule has 0 bridgehead atoms. The first-order valence-electron chi connectivity index (χ1n) is 5.40. The summed E-state index contributed by atoms with van der Waals surface area (Å²) in [4.78, 5) is 19.5. The fraction of sp³-hybridized carbons (Fsp3) is 0.636. The summed E-state index contributed by atoms with van der Waals surface area (Å²) in [5.41, 5.74) is 0. The zero-order valence-corrected chi connectivity index (χ0v) is 10.2. The lowest BCUT2D eigenvalue weighted by molar-refractivity contribution is -0.192. The predicted molar refractivity (Wildman–Crippen MR) is 59.1 cm³/mol. The highest BCUT2D eigenvalue weighted by Crippen LogP contribution is 2.13. The second-order valence-electron chi connectivity index (χ2n) is 3.57. The highest BCUT2D eigenvalue weighted by Gasteiger charge is 2.38. The number of piperidine rings is 1. The number of halogens is 3. The van der Waals surface area contributed by atoms with Gasteiger partial charge in [0.2, 0.25) is 0 Å². The number of carbonyl (C=O) groups is 2. The molecule has 0 spiro atoms. The van der Waals surface area contributed by atoms with Crippen LogP contribution in [0, 0.1) is 11.8 Å². The van der Waals surface area contributed by atoms with Crippen LogP contribution in [0.15, 0.2) is 0 Å². The highest BCUT2D eigenvalue weighted by molar-refractivity contribution is 5.88. The van der Waals surface area contributed by atoms with E-state index in [1.165, 1.54) is 20.0 Å². The normalized spacial score (nSPS) is 18.2. The van der Waals surface area contributed by atoms with Crippen molar-refractivity contribution in [2.24, 2.45) is 0 Å². The molecule has 5 nitrogen and oxygen atoms in total. The molecule has 1 saturated heterocycles. The maximum absolute atomic E-state index is 10.6. The highest BCUT2D eigenvalue weighted by atomic mass is 19.4. The van der Waals surface area contributed by atoms with Crippen molar-refractivity contribution in [3.8, 4) is 11.8 Å². The number of alkyl halides is 3. The van der Waals surface area contributed by atoms with Crippen molar-refractivity contribution < 1.29 is 32.6 Å². The Morgan fingerprint density at radius 3 is 2.32 bits per heavy atom. The Hall–Kier alpha value is -1.75. The van der Waals surface area contributed by atoms with Crippen molar-refractivity contribution in [2.75, 3.05) is 13.7 Å². The number of aliphatic carboxylic acids is 1. The van der Waals surface area contributed by atoms with Crippen LogP contribution in [-0.2, 0) is 14.3 Å². The van der Waals surface area contributed by atoms with Gasteiger partial charge in [-0.05, 0) is 25.8 Å². The third-order valence-corrected chi connectivity index (χ3v) is 2.09. The van der Waals surface area contributed by atoms with Crippen molar-refractivity contribution in [2.45, 2.75) is 31.5 Å². The Labute approximate surface area is 108 Å². The number of hydrogen-bond donors (Lipinski definition) is 2. The van der Waals surface area contributed by atoms with Crippen LogP contribution < -0.4 is 5.32 Å². The number of ether oxygens (including phenoxy) is 1. The molecule has 108 valence electrons. The summed E-state index contributed by atoms with van der Waals surface area (Å²) in [6.45, 7) is 1.00. The number of carboxylic acids is 1. The van der Waals surface area contributed by atoms with Crippen LogP contribution in [0.5, 0.6) is 0 Å². The van der Waals surface area contributed by atoms with Crippen LogP contribution in [0.25, 0.3) is 0 Å². The van der Waals surface area contributed by atoms with Gasteiger partial charge in [-0.2, -0.15) is 13.2 Å². The molecule has 0 aromatic heterocycles. The van der Waals surface area contributed by atoms with Gasteiger partial charge < -0.3 is 15.2 Å². The molecule has 1 unspecified atom stereocenters. The van der Waals surface area contributed by atoms with E-state index in [-0.39, 0.29) is 6.04 Å². The number of methoxy groups -OCH3 is 1. The van der Waals surface area contributed by atoms with Crippen LogP contribution in [0.1, 0.15) is 19.3 Å². The lowest BCUT2D eigenvalue weighted by Crippen LogP contribution is -2.32. The Kier molecular flexibility index (Phi) is 7.60. The van der Waals surface area contributed by atoms with Crippen LogP contribution >= 0.6 is 0 Å². The number of hydrogen-bond acceptors (Lipinski definition) is 4. The van der Waals surface area contributed by atoms with Gasteiger partial charge in [0.25, 0.3) is 0 Å². The van der Waals surface area contributed by atoms with Crippen molar-refractivity contribution in [1.82, 2.24) is 5.32 Å². The maximum Gasteiger partial charge on any atom is 0.490 e. The minimum absolute atomic E-state index is 0.179. The number of carbonyl (C=O) groups excluding carboxylic acids is 1. The van der Waals surface area contributed by atoms with Crippen molar-refractivity contribution in [3.63, 3.8) is 0 Å². The molecule has 1 fully saturated rings. The molecule has 0 radical (unpaired) electrons. The molecular weight excluding hydrogens is 267 g/mol. The van der Waals surface area contributed by atoms with Gasteiger partial charge in [0, 0.05) is 5.92 Å². The lowest BCUT2D eigenvalue weighted by atomic mass is 10.1. The monoisotopic (exact) mass is 281 g/mol. The van der Waals surface area contributed by atoms with Crippen LogP contribution in [0.4, 0.5) is 13.2 Å². The minimum atomic E-state index is -5.08. The van der Waals surface area contributed by atoms with Gasteiger partial charge in [0.1, 0.15) is 0 Å². The molecule has 1 atom stereocenters. The summed E-state index contributed by atoms with van der Waals surface area (Å²) in [5.74, 6) is 2.05. The minimum Gasteiger partial charge on any atom is -0.475 e. The quantitative estimate of drug-likeness (QED) is 0.392. The third kappa shape index (κ3) is 8.90. The molecule has 0 aromatic carbocycles. The van der Waals surface area contributed by atoms with E-state index in [0.29, 0.717) is 0 Å². The number of rotatable bonds is 0. The summed E-state index contributed by atoms with van der Waals surface area (Å²) in [6.07, 6.45) is -1.66. The first-order valence-corrected chi connectivity index (χ1v) is 5.40. The Morgan fingerprint density at radius 1 is 1.37 bits per heavy atom. The molecule has 19 heavy (non-hydrogen) atoms. The SMILES string of the molecule is COC(=O)C#CC1CCCCN1.O=C(O)C(F)(F)F. The molecule has 1 heterocycles. The van der Waals surface area contributed by atoms with Gasteiger partial charge in [-0.3, -0.25) is 0 Å². The smallest absolute Gasteiger partial charge is 0.475 e. The molecule has 1 rings (SSSR count). The molecule has 1 aliphatic rings. The van der Waals surface area contributed by atoms with E-state index in [1.54, 1.807) is 0 Å². The molecule has 0 aliphatic carbocycles. The number of carboxylic acid groups (broad SMARTS) is 1. The van der Waals surface area contributed by atoms with E-state index in [9.17, 15) is 18.0 Å². The van der Waals surface area contributed by atoms with Gasteiger partial charge in [0.15, 0.2) is 0 Å². The molecule has 0 saturated carbocycles. The third-order valence-electron chi connectivity index (χ3n) is 2.09. The average Bonchev–Trinajstić information content (AvgIpc) is 2.36. The van der Waals surface area contributed by atoms with Gasteiger partial charge in [-0.25, -0.2) is 9.59 Å². The maximum atomic E-state index is 10.6. The second-order valence-corrected chi connectivity index (χ2v) is 3.57. The van der Waals surface area contributed by atoms with Crippen LogP contribution in [0.3, 0.4) is 0 Å². The van der Waals surface area contributed by atoms with Crippen molar-refractivity contribution in [1.29, 1.82) is 0 Å². The first-order chi connectivity index (χ1) is 8.77. The molecule has 1 aliphatic heterocycles. The summed E-state index contributed by atoms with van der Waals surface area (Å²) >= 11 is 0. The Balaban J connectivity index is 0.000000399. The fourth-order valence-corrected chi connectivity index (χ4v) is 1.17. The van der Waals surface area contributed by atoms with Gasteiger partial charge in [0.05, 0.1) is 13.2 Å². The van der Waals surface area contributed by atoms with E-state index < -0.39 is 18.1 Å². The molecule has 8 heteroatoms. The van der Waals surface area contributed by atoms with E-state index in [2.05, 4.69) is 21.9 Å². The van der Waals surface area contributed by atoms with E-state index in [0.717, 1.165) is 13.0 Å². The van der Waals surface area contributed by atoms with Gasteiger partial charge in [-0.1, -0.05) is 5.92 Å². The predicted octanol–water partition coefficient (Wildman–Crippen LogP) is 0.938. The molecular formula is C11H14F3NO4. The Bertz CT molecular complexity index is 364. The van der Waals surface area contributed by atoms with E-state index >= 15 is 0 Å². The lowest BCUT2D eigenvalue weighted by Gasteiger charge is -2.17. The summed E-state index contributed by atoms with van der Waals surface area (Å²) in [5, 5.41) is 10.3. The van der Waals surface area contributed by atoms with Gasteiger partial charge in [-0.15, -0.1) is 0 Å². The topological polar surface area (TPSA) is 75.6 Å². The average molecular weight is 281 g/mol. The van der Waals surface area contributed by atoms with Crippen LogP contribution in [0.2, 0.25) is 0 Å². The van der Waals surface area contributed by atoms with Crippen LogP contribution in [-0.4, -0.2) is 42.9 Å². The zero-order valence-electron chi connectivity index (χ0n) is 10.2. The fourth-order valence-electron chi connectivity index (χ4n) is 1.17. The number of nitrogens with one attached hydrogen (secondary N) is 1. The molecule has 0 aromatic rings. The standard InChI is InChI=1S/C9H13NO2.C2HF3O2/c1-12-9(11)6-5-8-4-2-3-7-10-8;3-2(4,5)1(6)7/h8,10H,2-4,7H2,1H3;(H,6,7). The molecule has 2 N–H and O–H groups in total. The summed E-state index contributed by atoms with van der Waals surface area (Å²) in [6, 6.07) is 0.179. The zero-order chi connectivity index (χ0) is 14.9. The largest absolute Gasteiger partial charge is 0.490 e. The van der Waals surface area contributed by atoms with Crippen molar-refractivity contribution in [3.05, 3.63) is 0 Å². The second kappa shape index (κ2) is 8.37. The van der Waals surface area contributed by atoms with E-state index in [1.807, 2.05) is 0 Å². The van der Waals surface area contributed by atoms with Gasteiger partial charge >= 0.3 is 18.1 Å². The molecule has 0 amide bonds. The summed E-state index contributed by atoms with van der Waals surface area (Å²) < 4.78 is 36.1. The summed E-state index contributed by atoms with van der Waals surface area (Å²) in [7, 11) is 1.34. The first kappa shape index (κ1) is 17.2. The number of esters is 1.